The van der Waals surface area contributed by atoms with Crippen LogP contribution in [-0.2, 0) is 6.54 Å². The molecule has 0 spiro atoms. The van der Waals surface area contributed by atoms with E-state index in [1.807, 2.05) is 60.4 Å². The molecule has 0 bridgehead atoms. The van der Waals surface area contributed by atoms with E-state index in [4.69, 9.17) is 16.7 Å². The molecule has 0 saturated carbocycles. The van der Waals surface area contributed by atoms with Crippen LogP contribution in [0.2, 0.25) is 0 Å². The summed E-state index contributed by atoms with van der Waals surface area (Å²) in [6, 6.07) is 15.3. The number of carbonyl (C=O) groups excluding carboxylic acids is 1. The Kier molecular flexibility index (Phi) is 6.57. The highest BCUT2D eigenvalue weighted by atomic mass is 32.1. The van der Waals surface area contributed by atoms with Crippen LogP contribution in [-0.4, -0.2) is 39.1 Å². The second-order valence-electron chi connectivity index (χ2n) is 7.62. The van der Waals surface area contributed by atoms with Crippen LogP contribution >= 0.6 is 12.2 Å². The monoisotopic (exact) mass is 435 g/mol. The van der Waals surface area contributed by atoms with Crippen molar-refractivity contribution in [3.8, 4) is 11.4 Å². The van der Waals surface area contributed by atoms with Crippen molar-refractivity contribution in [2.45, 2.75) is 32.7 Å². The first-order chi connectivity index (χ1) is 15.1. The van der Waals surface area contributed by atoms with E-state index < -0.39 is 0 Å². The van der Waals surface area contributed by atoms with Gasteiger partial charge in [-0.3, -0.25) is 4.79 Å². The van der Waals surface area contributed by atoms with E-state index in [0.717, 1.165) is 42.7 Å². The van der Waals surface area contributed by atoms with Gasteiger partial charge in [0.25, 0.3) is 5.91 Å². The fourth-order valence-electron chi connectivity index (χ4n) is 3.53. The predicted molar refractivity (Wildman–Crippen MR) is 124 cm³/mol. The molecule has 1 aromatic heterocycles. The van der Waals surface area contributed by atoms with Gasteiger partial charge in [0.05, 0.1) is 6.54 Å². The average molecular weight is 436 g/mol. The van der Waals surface area contributed by atoms with Crippen molar-refractivity contribution in [1.29, 1.82) is 0 Å². The molecule has 1 saturated heterocycles. The van der Waals surface area contributed by atoms with Gasteiger partial charge in [-0.05, 0) is 68.7 Å². The second kappa shape index (κ2) is 9.70. The Morgan fingerprint density at radius 3 is 2.65 bits per heavy atom. The van der Waals surface area contributed by atoms with Gasteiger partial charge in [0, 0.05) is 29.9 Å². The van der Waals surface area contributed by atoms with Gasteiger partial charge in [0.2, 0.25) is 11.7 Å². The summed E-state index contributed by atoms with van der Waals surface area (Å²) < 4.78 is 5.31. The van der Waals surface area contributed by atoms with Crippen molar-refractivity contribution < 1.29 is 9.32 Å². The quantitative estimate of drug-likeness (QED) is 0.582. The fraction of sp³-hybridized carbons (Fsp3) is 0.304. The molecule has 8 heteroatoms. The number of carbonyl (C=O) groups is 1. The number of hydrogen-bond acceptors (Lipinski definition) is 5. The molecule has 2 N–H and O–H groups in total. The Labute approximate surface area is 186 Å². The Bertz CT molecular complexity index is 1060. The third-order valence-electron chi connectivity index (χ3n) is 5.18. The molecule has 4 rings (SSSR count). The number of likely N-dealkylation sites (tertiary alicyclic amines) is 1. The predicted octanol–water partition coefficient (Wildman–Crippen LogP) is 4.16. The molecular formula is C23H25N5O2S. The van der Waals surface area contributed by atoms with Gasteiger partial charge >= 0.3 is 0 Å². The van der Waals surface area contributed by atoms with Crippen LogP contribution in [0.3, 0.4) is 0 Å². The maximum absolute atomic E-state index is 12.6. The highest BCUT2D eigenvalue weighted by Crippen LogP contribution is 2.17. The molecule has 0 atom stereocenters. The molecule has 31 heavy (non-hydrogen) atoms. The maximum Gasteiger partial charge on any atom is 0.253 e. The topological polar surface area (TPSA) is 83.3 Å². The van der Waals surface area contributed by atoms with Crippen LogP contribution in [0.4, 0.5) is 5.69 Å². The summed E-state index contributed by atoms with van der Waals surface area (Å²) in [6.45, 7) is 4.02. The van der Waals surface area contributed by atoms with Crippen molar-refractivity contribution >= 4 is 28.9 Å². The van der Waals surface area contributed by atoms with Crippen LogP contribution in [0.25, 0.3) is 11.4 Å². The van der Waals surface area contributed by atoms with Gasteiger partial charge in [-0.15, -0.1) is 0 Å². The summed E-state index contributed by atoms with van der Waals surface area (Å²) in [4.78, 5) is 18.9. The Morgan fingerprint density at radius 2 is 1.90 bits per heavy atom. The minimum Gasteiger partial charge on any atom is -0.353 e. The summed E-state index contributed by atoms with van der Waals surface area (Å²) in [5, 5.41) is 10.6. The first kappa shape index (κ1) is 21.0. The molecule has 2 aromatic carbocycles. The Hall–Kier alpha value is -3.26. The Morgan fingerprint density at radius 1 is 1.13 bits per heavy atom. The molecule has 1 aliphatic heterocycles. The highest BCUT2D eigenvalue weighted by Gasteiger charge is 2.18. The number of nitrogens with zero attached hydrogens (tertiary/aromatic N) is 3. The van der Waals surface area contributed by atoms with Crippen molar-refractivity contribution in [2.75, 3.05) is 18.4 Å². The molecule has 2 heterocycles. The fourth-order valence-corrected chi connectivity index (χ4v) is 3.72. The lowest BCUT2D eigenvalue weighted by Gasteiger charge is -2.26. The van der Waals surface area contributed by atoms with Crippen molar-refractivity contribution in [3.05, 3.63) is 65.5 Å². The van der Waals surface area contributed by atoms with Crippen LogP contribution in [0, 0.1) is 6.92 Å². The third kappa shape index (κ3) is 5.46. The number of anilines is 1. The van der Waals surface area contributed by atoms with Crippen LogP contribution in [0.1, 0.15) is 41.1 Å². The standard InChI is InChI=1S/C23H25N5O2S/c1-16-6-5-7-18(14-16)21-26-20(30-27-21)15-24-23(31)25-19-10-8-17(9-11-19)22(29)28-12-3-2-4-13-28/h5-11,14H,2-4,12-13,15H2,1H3,(H2,24,25,31). The maximum atomic E-state index is 12.6. The summed E-state index contributed by atoms with van der Waals surface area (Å²) >= 11 is 5.35. The molecule has 160 valence electrons. The van der Waals surface area contributed by atoms with Gasteiger partial charge in [0.1, 0.15) is 0 Å². The number of benzene rings is 2. The van der Waals surface area contributed by atoms with Gasteiger partial charge in [-0.2, -0.15) is 4.98 Å². The van der Waals surface area contributed by atoms with E-state index in [0.29, 0.717) is 28.9 Å². The molecular weight excluding hydrogens is 410 g/mol. The zero-order valence-electron chi connectivity index (χ0n) is 17.4. The number of aryl methyl sites for hydroxylation is 1. The second-order valence-corrected chi connectivity index (χ2v) is 8.03. The zero-order chi connectivity index (χ0) is 21.6. The number of thiocarbonyl (C=S) groups is 1. The van der Waals surface area contributed by atoms with E-state index in [-0.39, 0.29) is 5.91 Å². The molecule has 1 fully saturated rings. The molecule has 0 unspecified atom stereocenters. The minimum absolute atomic E-state index is 0.0905. The van der Waals surface area contributed by atoms with Gasteiger partial charge < -0.3 is 20.1 Å². The Balaban J connectivity index is 1.28. The first-order valence-electron chi connectivity index (χ1n) is 10.4. The normalized spacial score (nSPS) is 13.6. The number of hydrogen-bond donors (Lipinski definition) is 2. The number of nitrogens with one attached hydrogen (secondary N) is 2. The highest BCUT2D eigenvalue weighted by molar-refractivity contribution is 7.80. The number of aromatic nitrogens is 2. The van der Waals surface area contributed by atoms with Gasteiger partial charge in [-0.1, -0.05) is 28.9 Å². The van der Waals surface area contributed by atoms with Crippen molar-refractivity contribution in [2.24, 2.45) is 0 Å². The smallest absolute Gasteiger partial charge is 0.253 e. The molecule has 7 nitrogen and oxygen atoms in total. The van der Waals surface area contributed by atoms with E-state index in [2.05, 4.69) is 20.8 Å². The van der Waals surface area contributed by atoms with Crippen LogP contribution in [0.5, 0.6) is 0 Å². The summed E-state index contributed by atoms with van der Waals surface area (Å²) in [6.07, 6.45) is 3.36. The number of amides is 1. The van der Waals surface area contributed by atoms with E-state index >= 15 is 0 Å². The lowest BCUT2D eigenvalue weighted by Crippen LogP contribution is -2.35. The first-order valence-corrected chi connectivity index (χ1v) is 10.8. The lowest BCUT2D eigenvalue weighted by atomic mass is 10.1. The van der Waals surface area contributed by atoms with Gasteiger partial charge in [0.15, 0.2) is 5.11 Å². The summed E-state index contributed by atoms with van der Waals surface area (Å²) in [7, 11) is 0. The molecule has 1 amide bonds. The SMILES string of the molecule is Cc1cccc(-c2noc(CNC(=S)Nc3ccc(C(=O)N4CCCCC4)cc3)n2)c1. The average Bonchev–Trinajstić information content (AvgIpc) is 3.28. The molecule has 1 aliphatic rings. The van der Waals surface area contributed by atoms with Crippen LogP contribution in [0.15, 0.2) is 53.1 Å². The van der Waals surface area contributed by atoms with Crippen LogP contribution < -0.4 is 10.6 Å². The van der Waals surface area contributed by atoms with E-state index in [1.165, 1.54) is 6.42 Å². The van der Waals surface area contributed by atoms with Crippen molar-refractivity contribution in [3.63, 3.8) is 0 Å². The summed E-state index contributed by atoms with van der Waals surface area (Å²) in [5.41, 5.74) is 3.55. The minimum atomic E-state index is 0.0905. The lowest BCUT2D eigenvalue weighted by molar-refractivity contribution is 0.0724. The number of piperidine rings is 1. The largest absolute Gasteiger partial charge is 0.353 e. The van der Waals surface area contributed by atoms with E-state index in [9.17, 15) is 4.79 Å². The van der Waals surface area contributed by atoms with Crippen molar-refractivity contribution in [1.82, 2.24) is 20.4 Å². The molecule has 3 aromatic rings. The summed E-state index contributed by atoms with van der Waals surface area (Å²) in [5.74, 6) is 1.09. The third-order valence-corrected chi connectivity index (χ3v) is 5.42. The van der Waals surface area contributed by atoms with Gasteiger partial charge in [-0.25, -0.2) is 0 Å². The number of rotatable bonds is 5. The van der Waals surface area contributed by atoms with E-state index in [1.54, 1.807) is 0 Å². The zero-order valence-corrected chi connectivity index (χ0v) is 18.2. The molecule has 0 aliphatic carbocycles. The molecule has 0 radical (unpaired) electrons.